The number of likely N-dealkylation sites (tertiary alicyclic amines) is 1. The van der Waals surface area contributed by atoms with Crippen molar-refractivity contribution in [3.05, 3.63) is 102 Å². The zero-order valence-corrected chi connectivity index (χ0v) is 21.9. The maximum atomic E-state index is 13.9. The fourth-order valence-corrected chi connectivity index (χ4v) is 6.46. The fraction of sp³-hybridized carbons (Fsp3) is 0.267. The summed E-state index contributed by atoms with van der Waals surface area (Å²) in [5.41, 5.74) is 1.34. The Labute approximate surface area is 217 Å². The molecule has 4 rings (SSSR count). The Balaban J connectivity index is 1.85. The van der Waals surface area contributed by atoms with Gasteiger partial charge in [-0.05, 0) is 66.9 Å². The van der Waals surface area contributed by atoms with E-state index in [-0.39, 0.29) is 11.7 Å². The highest BCUT2D eigenvalue weighted by molar-refractivity contribution is 8.01. The molecule has 0 spiro atoms. The summed E-state index contributed by atoms with van der Waals surface area (Å²) in [5.74, 6) is 1.52. The van der Waals surface area contributed by atoms with Gasteiger partial charge in [0.15, 0.2) is 5.78 Å². The SMILES string of the molecule is COc1ccc(CC2(Sc3ccccc3)C(=O)N(C)C2(C=CC(C)=O)Cc2ccc(OC)cc2)cc1. The third-order valence-corrected chi connectivity index (χ3v) is 8.35. The predicted octanol–water partition coefficient (Wildman–Crippen LogP) is 5.38. The molecule has 36 heavy (non-hydrogen) atoms. The second-order valence-corrected chi connectivity index (χ2v) is 10.4. The van der Waals surface area contributed by atoms with Gasteiger partial charge in [-0.15, -0.1) is 11.8 Å². The van der Waals surface area contributed by atoms with Crippen molar-refractivity contribution >= 4 is 23.5 Å². The van der Waals surface area contributed by atoms with Crippen LogP contribution < -0.4 is 9.47 Å². The van der Waals surface area contributed by atoms with E-state index in [0.717, 1.165) is 27.5 Å². The molecule has 1 aliphatic rings. The Hall–Kier alpha value is -3.51. The molecular formula is C30H31NO4S. The number of likely N-dealkylation sites (N-methyl/N-ethyl adjacent to an activating group) is 1. The molecule has 1 heterocycles. The molecule has 1 saturated heterocycles. The van der Waals surface area contributed by atoms with E-state index in [0.29, 0.717) is 12.8 Å². The number of hydrogen-bond donors (Lipinski definition) is 0. The van der Waals surface area contributed by atoms with Crippen molar-refractivity contribution < 1.29 is 19.1 Å². The first-order valence-corrected chi connectivity index (χ1v) is 12.6. The first-order valence-electron chi connectivity index (χ1n) is 11.8. The lowest BCUT2D eigenvalue weighted by atomic mass is 9.66. The standard InChI is InChI=1S/C30H31NO4S/c1-22(32)18-19-29(20-23-10-14-25(34-3)15-11-23)30(28(33)31(29)2,36-27-8-6-5-7-9-27)21-24-12-16-26(35-4)17-13-24/h5-19H,20-21H2,1-4H3. The van der Waals surface area contributed by atoms with E-state index in [1.807, 2.05) is 92.0 Å². The van der Waals surface area contributed by atoms with Crippen LogP contribution in [0.3, 0.4) is 0 Å². The summed E-state index contributed by atoms with van der Waals surface area (Å²) >= 11 is 1.57. The molecule has 5 nitrogen and oxygen atoms in total. The van der Waals surface area contributed by atoms with Crippen LogP contribution in [0.1, 0.15) is 18.1 Å². The number of benzene rings is 3. The van der Waals surface area contributed by atoms with Crippen LogP contribution in [-0.2, 0) is 22.4 Å². The van der Waals surface area contributed by atoms with Gasteiger partial charge in [-0.25, -0.2) is 0 Å². The molecule has 0 radical (unpaired) electrons. The second-order valence-electron chi connectivity index (χ2n) is 9.02. The van der Waals surface area contributed by atoms with E-state index in [1.165, 1.54) is 6.92 Å². The molecule has 0 aromatic heterocycles. The summed E-state index contributed by atoms with van der Waals surface area (Å²) in [6.07, 6.45) is 4.58. The molecule has 6 heteroatoms. The number of rotatable bonds is 10. The van der Waals surface area contributed by atoms with Crippen molar-refractivity contribution in [2.45, 2.75) is 34.9 Å². The van der Waals surface area contributed by atoms with Crippen LogP contribution in [0.2, 0.25) is 0 Å². The number of hydrogen-bond acceptors (Lipinski definition) is 5. The van der Waals surface area contributed by atoms with Crippen LogP contribution in [-0.4, -0.2) is 48.1 Å². The third kappa shape index (κ3) is 4.78. The molecule has 1 fully saturated rings. The van der Waals surface area contributed by atoms with Crippen molar-refractivity contribution in [1.82, 2.24) is 4.90 Å². The Kier molecular flexibility index (Phi) is 7.55. The summed E-state index contributed by atoms with van der Waals surface area (Å²) in [4.78, 5) is 28.8. The van der Waals surface area contributed by atoms with Gasteiger partial charge in [0.1, 0.15) is 16.2 Å². The fourth-order valence-electron chi connectivity index (χ4n) is 4.85. The van der Waals surface area contributed by atoms with E-state index in [1.54, 1.807) is 37.0 Å². The Bertz CT molecular complexity index is 1240. The average Bonchev–Trinajstić information content (AvgIpc) is 2.91. The molecule has 0 aliphatic carbocycles. The highest BCUT2D eigenvalue weighted by atomic mass is 32.2. The first kappa shape index (κ1) is 25.6. The van der Waals surface area contributed by atoms with Gasteiger partial charge in [0.2, 0.25) is 5.91 Å². The number of allylic oxidation sites excluding steroid dienone is 1. The molecule has 0 saturated carbocycles. The number of ketones is 1. The van der Waals surface area contributed by atoms with Crippen LogP contribution in [0.25, 0.3) is 0 Å². The molecular weight excluding hydrogens is 470 g/mol. The van der Waals surface area contributed by atoms with E-state index in [4.69, 9.17) is 9.47 Å². The minimum atomic E-state index is -0.858. The topological polar surface area (TPSA) is 55.8 Å². The Morgan fingerprint density at radius 1 is 0.861 bits per heavy atom. The van der Waals surface area contributed by atoms with Crippen molar-refractivity contribution in [2.75, 3.05) is 21.3 Å². The van der Waals surface area contributed by atoms with Crippen molar-refractivity contribution in [1.29, 1.82) is 0 Å². The third-order valence-electron chi connectivity index (χ3n) is 6.82. The molecule has 0 bridgehead atoms. The summed E-state index contributed by atoms with van der Waals surface area (Å²) < 4.78 is 9.82. The molecule has 1 aliphatic heterocycles. The van der Waals surface area contributed by atoms with Crippen LogP contribution >= 0.6 is 11.8 Å². The number of amides is 1. The molecule has 0 N–H and O–H groups in total. The van der Waals surface area contributed by atoms with Gasteiger partial charge in [0.25, 0.3) is 0 Å². The minimum Gasteiger partial charge on any atom is -0.497 e. The summed E-state index contributed by atoms with van der Waals surface area (Å²) in [5, 5.41) is 0. The monoisotopic (exact) mass is 501 g/mol. The van der Waals surface area contributed by atoms with Crippen molar-refractivity contribution in [2.24, 2.45) is 0 Å². The van der Waals surface area contributed by atoms with Crippen molar-refractivity contribution in [3.8, 4) is 11.5 Å². The number of ether oxygens (including phenoxy) is 2. The van der Waals surface area contributed by atoms with Gasteiger partial charge in [-0.3, -0.25) is 9.59 Å². The lowest BCUT2D eigenvalue weighted by Crippen LogP contribution is -2.80. The number of β-lactam (4-membered cyclic amide) rings is 1. The van der Waals surface area contributed by atoms with Crippen LogP contribution in [0.4, 0.5) is 0 Å². The molecule has 186 valence electrons. The highest BCUT2D eigenvalue weighted by Gasteiger charge is 2.68. The van der Waals surface area contributed by atoms with Gasteiger partial charge in [-0.2, -0.15) is 0 Å². The van der Waals surface area contributed by atoms with E-state index in [9.17, 15) is 9.59 Å². The molecule has 2 unspecified atom stereocenters. The summed E-state index contributed by atoms with van der Waals surface area (Å²) in [6, 6.07) is 25.7. The number of carbonyl (C=O) groups excluding carboxylic acids is 2. The highest BCUT2D eigenvalue weighted by Crippen LogP contribution is 2.56. The lowest BCUT2D eigenvalue weighted by Gasteiger charge is -2.63. The predicted molar refractivity (Wildman–Crippen MR) is 144 cm³/mol. The number of methoxy groups -OCH3 is 2. The minimum absolute atomic E-state index is 0.0360. The molecule has 2 atom stereocenters. The van der Waals surface area contributed by atoms with Gasteiger partial charge < -0.3 is 14.4 Å². The largest absolute Gasteiger partial charge is 0.497 e. The normalized spacial score (nSPS) is 21.3. The maximum Gasteiger partial charge on any atom is 0.242 e. The second kappa shape index (κ2) is 10.6. The smallest absolute Gasteiger partial charge is 0.242 e. The summed E-state index contributed by atoms with van der Waals surface area (Å²) in [6.45, 7) is 1.54. The van der Waals surface area contributed by atoms with Crippen molar-refractivity contribution in [3.63, 3.8) is 0 Å². The molecule has 1 amide bonds. The van der Waals surface area contributed by atoms with E-state index < -0.39 is 10.3 Å². The summed E-state index contributed by atoms with van der Waals surface area (Å²) in [7, 11) is 5.10. The molecule has 3 aromatic carbocycles. The van der Waals surface area contributed by atoms with Crippen LogP contribution in [0.5, 0.6) is 11.5 Å². The number of nitrogens with zero attached hydrogens (tertiary/aromatic N) is 1. The first-order chi connectivity index (χ1) is 17.3. The van der Waals surface area contributed by atoms with Crippen LogP contribution in [0, 0.1) is 0 Å². The zero-order valence-electron chi connectivity index (χ0n) is 21.1. The maximum absolute atomic E-state index is 13.9. The van der Waals surface area contributed by atoms with Gasteiger partial charge in [0.05, 0.1) is 19.8 Å². The van der Waals surface area contributed by atoms with Crippen LogP contribution in [0.15, 0.2) is 95.9 Å². The average molecular weight is 502 g/mol. The molecule has 3 aromatic rings. The quantitative estimate of drug-likeness (QED) is 0.276. The Morgan fingerprint density at radius 3 is 1.89 bits per heavy atom. The van der Waals surface area contributed by atoms with Gasteiger partial charge >= 0.3 is 0 Å². The van der Waals surface area contributed by atoms with Gasteiger partial charge in [0, 0.05) is 18.4 Å². The van der Waals surface area contributed by atoms with E-state index >= 15 is 0 Å². The number of carbonyl (C=O) groups is 2. The lowest BCUT2D eigenvalue weighted by molar-refractivity contribution is -0.156. The Morgan fingerprint density at radius 2 is 1.39 bits per heavy atom. The van der Waals surface area contributed by atoms with Gasteiger partial charge in [-0.1, -0.05) is 48.5 Å². The van der Waals surface area contributed by atoms with E-state index in [2.05, 4.69) is 0 Å². The number of thioether (sulfide) groups is 1. The zero-order chi connectivity index (χ0) is 25.8.